The first-order chi connectivity index (χ1) is 15.9. The van der Waals surface area contributed by atoms with E-state index in [1.54, 1.807) is 48.9 Å². The molecule has 33 heavy (non-hydrogen) atoms. The third kappa shape index (κ3) is 4.19. The molecule has 0 unspecified atom stereocenters. The number of anilines is 1. The first kappa shape index (κ1) is 21.8. The summed E-state index contributed by atoms with van der Waals surface area (Å²) < 4.78 is 12.2. The number of rotatable bonds is 3. The number of amides is 1. The number of ether oxygens (including phenoxy) is 2. The summed E-state index contributed by atoms with van der Waals surface area (Å²) in [6.07, 6.45) is 0.621. The van der Waals surface area contributed by atoms with Crippen molar-refractivity contribution >= 4 is 22.6 Å². The van der Waals surface area contributed by atoms with Gasteiger partial charge in [0.25, 0.3) is 11.5 Å². The number of nitrogens with zero attached hydrogens (tertiary/aromatic N) is 4. The van der Waals surface area contributed by atoms with Crippen LogP contribution in [0.2, 0.25) is 0 Å². The number of aromatic nitrogens is 4. The maximum Gasteiger partial charge on any atom is 0.298 e. The van der Waals surface area contributed by atoms with Crippen molar-refractivity contribution < 1.29 is 14.3 Å². The second-order valence-electron chi connectivity index (χ2n) is 7.37. The molecule has 0 radical (unpaired) electrons. The van der Waals surface area contributed by atoms with Gasteiger partial charge in [0, 0.05) is 24.7 Å². The highest BCUT2D eigenvalue weighted by Crippen LogP contribution is 2.28. The number of methoxy groups -OCH3 is 2. The predicted octanol–water partition coefficient (Wildman–Crippen LogP) is 0.915. The van der Waals surface area contributed by atoms with Crippen LogP contribution in [0.1, 0.15) is 30.6 Å². The number of fused-ring (bicyclic) bond motifs is 1. The quantitative estimate of drug-likeness (QED) is 0.573. The number of nitrogens with one attached hydrogen (secondary N) is 1. The third-order valence-corrected chi connectivity index (χ3v) is 5.36. The van der Waals surface area contributed by atoms with E-state index in [4.69, 9.17) is 15.2 Å². The van der Waals surface area contributed by atoms with Gasteiger partial charge in [0.2, 0.25) is 0 Å². The number of nitrogens with two attached hydrogens (primary N) is 1. The summed E-state index contributed by atoms with van der Waals surface area (Å²) in [5.41, 5.74) is 6.89. The second-order valence-corrected chi connectivity index (χ2v) is 7.37. The number of H-pyrrole nitrogens is 1. The summed E-state index contributed by atoms with van der Waals surface area (Å²) in [5, 5.41) is 11.3. The van der Waals surface area contributed by atoms with E-state index in [1.165, 1.54) is 0 Å². The first-order valence-corrected chi connectivity index (χ1v) is 10.2. The molecule has 2 aromatic heterocycles. The van der Waals surface area contributed by atoms with Gasteiger partial charge in [-0.15, -0.1) is 0 Å². The molecule has 1 atom stereocenters. The van der Waals surface area contributed by atoms with Crippen LogP contribution in [-0.2, 0) is 4.79 Å². The average molecular weight is 446 g/mol. The highest BCUT2D eigenvalue weighted by Gasteiger charge is 2.30. The van der Waals surface area contributed by atoms with E-state index < -0.39 is 5.56 Å². The first-order valence-electron chi connectivity index (χ1n) is 10.2. The van der Waals surface area contributed by atoms with Gasteiger partial charge in [-0.1, -0.05) is 11.8 Å². The Labute approximate surface area is 189 Å². The van der Waals surface area contributed by atoms with Crippen molar-refractivity contribution in [1.29, 1.82) is 0 Å². The van der Waals surface area contributed by atoms with Crippen LogP contribution >= 0.6 is 0 Å². The molecule has 0 aliphatic carbocycles. The molecule has 1 aromatic carbocycles. The Balaban J connectivity index is 1.79. The molecule has 168 valence electrons. The van der Waals surface area contributed by atoms with Crippen LogP contribution in [0.3, 0.4) is 0 Å². The van der Waals surface area contributed by atoms with Gasteiger partial charge < -0.3 is 20.1 Å². The molecule has 1 amide bonds. The molecule has 0 spiro atoms. The number of hydrogen-bond acceptors (Lipinski definition) is 7. The van der Waals surface area contributed by atoms with Crippen molar-refractivity contribution in [2.45, 2.75) is 19.4 Å². The summed E-state index contributed by atoms with van der Waals surface area (Å²) in [6.45, 7) is 2.51. The molecule has 0 bridgehead atoms. The summed E-state index contributed by atoms with van der Waals surface area (Å²) >= 11 is 0. The SMILES string of the molecule is CC#CC(=O)N1CC[C@H](n2nc(C#Cc3cc(OC)cc(OC)c3)c3c(N)n[nH]c(=O)c32)C1. The van der Waals surface area contributed by atoms with Crippen molar-refractivity contribution in [1.82, 2.24) is 24.9 Å². The number of likely N-dealkylation sites (tertiary alicyclic amines) is 1. The number of carbonyl (C=O) groups excluding carboxylic acids is 1. The van der Waals surface area contributed by atoms with Crippen LogP contribution in [0.4, 0.5) is 5.82 Å². The molecule has 1 aliphatic heterocycles. The Morgan fingerprint density at radius 2 is 1.94 bits per heavy atom. The zero-order valence-electron chi connectivity index (χ0n) is 18.4. The zero-order valence-corrected chi connectivity index (χ0v) is 18.4. The van der Waals surface area contributed by atoms with Crippen molar-refractivity contribution in [3.8, 4) is 35.2 Å². The Morgan fingerprint density at radius 3 is 2.61 bits per heavy atom. The summed E-state index contributed by atoms with van der Waals surface area (Å²) in [4.78, 5) is 26.5. The molecular formula is C23H22N6O4. The lowest BCUT2D eigenvalue weighted by Gasteiger charge is -2.14. The van der Waals surface area contributed by atoms with Crippen LogP contribution in [-0.4, -0.2) is 58.1 Å². The topological polar surface area (TPSA) is 128 Å². The lowest BCUT2D eigenvalue weighted by Crippen LogP contribution is -2.28. The highest BCUT2D eigenvalue weighted by molar-refractivity contribution is 5.94. The molecule has 3 N–H and O–H groups in total. The maximum atomic E-state index is 12.7. The lowest BCUT2D eigenvalue weighted by molar-refractivity contribution is -0.124. The number of nitrogen functional groups attached to an aromatic ring is 1. The highest BCUT2D eigenvalue weighted by atomic mass is 16.5. The second kappa shape index (κ2) is 8.97. The number of carbonyl (C=O) groups is 1. The van der Waals surface area contributed by atoms with Crippen molar-refractivity contribution in [2.24, 2.45) is 0 Å². The van der Waals surface area contributed by atoms with E-state index in [0.717, 1.165) is 0 Å². The Morgan fingerprint density at radius 1 is 1.21 bits per heavy atom. The maximum absolute atomic E-state index is 12.7. The van der Waals surface area contributed by atoms with Crippen LogP contribution in [0, 0.1) is 23.7 Å². The summed E-state index contributed by atoms with van der Waals surface area (Å²) in [7, 11) is 3.11. The molecule has 1 saturated heterocycles. The molecule has 1 fully saturated rings. The third-order valence-electron chi connectivity index (χ3n) is 5.36. The predicted molar refractivity (Wildman–Crippen MR) is 122 cm³/mol. The van der Waals surface area contributed by atoms with Crippen LogP contribution in [0.5, 0.6) is 11.5 Å². The van der Waals surface area contributed by atoms with Crippen LogP contribution < -0.4 is 20.8 Å². The minimum atomic E-state index is -0.430. The standard InChI is InChI=1S/C23H22N6O4/c1-4-5-19(30)28-9-8-15(13-28)29-21-20(22(24)25-26-23(21)31)18(27-29)7-6-14-10-16(32-2)12-17(11-14)33-3/h10-12,15H,8-9,13H2,1-3H3,(H2,24,25)(H,26,31)/t15-/m0/s1. The van der Waals surface area contributed by atoms with Gasteiger partial charge in [-0.3, -0.25) is 14.3 Å². The monoisotopic (exact) mass is 446 g/mol. The lowest BCUT2D eigenvalue weighted by atomic mass is 10.2. The van der Waals surface area contributed by atoms with E-state index in [2.05, 4.69) is 39.0 Å². The van der Waals surface area contributed by atoms with Gasteiger partial charge in [-0.05, 0) is 37.3 Å². The smallest absolute Gasteiger partial charge is 0.298 e. The van der Waals surface area contributed by atoms with Crippen molar-refractivity contribution in [3.05, 3.63) is 39.8 Å². The Hall–Kier alpha value is -4.44. The Bertz CT molecular complexity index is 1390. The van der Waals surface area contributed by atoms with Crippen molar-refractivity contribution in [2.75, 3.05) is 33.0 Å². The van der Waals surface area contributed by atoms with E-state index in [9.17, 15) is 9.59 Å². The zero-order chi connectivity index (χ0) is 23.5. The Kier molecular flexibility index (Phi) is 5.92. The number of hydrogen-bond donors (Lipinski definition) is 2. The number of aromatic amines is 1. The van der Waals surface area contributed by atoms with E-state index >= 15 is 0 Å². The van der Waals surface area contributed by atoms with Gasteiger partial charge in [0.15, 0.2) is 5.82 Å². The van der Waals surface area contributed by atoms with Crippen molar-refractivity contribution in [3.63, 3.8) is 0 Å². The largest absolute Gasteiger partial charge is 0.497 e. The fraction of sp³-hybridized carbons (Fsp3) is 0.304. The van der Waals surface area contributed by atoms with E-state index in [1.807, 2.05) is 0 Å². The molecule has 4 rings (SSSR count). The van der Waals surface area contributed by atoms with Gasteiger partial charge in [0.05, 0.1) is 25.6 Å². The van der Waals surface area contributed by atoms with Crippen LogP contribution in [0.15, 0.2) is 23.0 Å². The summed E-state index contributed by atoms with van der Waals surface area (Å²) in [5.74, 6) is 12.3. The van der Waals surface area contributed by atoms with Crippen LogP contribution in [0.25, 0.3) is 10.9 Å². The minimum Gasteiger partial charge on any atom is -0.497 e. The minimum absolute atomic E-state index is 0.117. The molecular weight excluding hydrogens is 424 g/mol. The number of benzene rings is 1. The summed E-state index contributed by atoms with van der Waals surface area (Å²) in [6, 6.07) is 5.05. The fourth-order valence-electron chi connectivity index (χ4n) is 3.79. The molecule has 10 heteroatoms. The van der Waals surface area contributed by atoms with Gasteiger partial charge >= 0.3 is 0 Å². The molecule has 10 nitrogen and oxygen atoms in total. The normalized spacial score (nSPS) is 14.9. The van der Waals surface area contributed by atoms with E-state index in [0.29, 0.717) is 47.7 Å². The van der Waals surface area contributed by atoms with Gasteiger partial charge in [0.1, 0.15) is 22.7 Å². The van der Waals surface area contributed by atoms with E-state index in [-0.39, 0.29) is 23.3 Å². The van der Waals surface area contributed by atoms with Gasteiger partial charge in [-0.2, -0.15) is 10.2 Å². The molecule has 0 saturated carbocycles. The molecule has 3 aromatic rings. The molecule has 3 heterocycles. The fourth-order valence-corrected chi connectivity index (χ4v) is 3.79. The molecule has 1 aliphatic rings. The van der Waals surface area contributed by atoms with Gasteiger partial charge in [-0.25, -0.2) is 5.10 Å². The average Bonchev–Trinajstić information content (AvgIpc) is 3.46.